The first-order chi connectivity index (χ1) is 15.6. The van der Waals surface area contributed by atoms with Crippen molar-refractivity contribution in [2.24, 2.45) is 0 Å². The zero-order chi connectivity index (χ0) is 22.1. The molecule has 3 aromatic carbocycles. The molecule has 1 unspecified atom stereocenters. The van der Waals surface area contributed by atoms with Gasteiger partial charge in [0.25, 0.3) is 0 Å². The minimum absolute atomic E-state index is 0.192. The lowest BCUT2D eigenvalue weighted by Crippen LogP contribution is -2.35. The number of ether oxygens (including phenoxy) is 1. The molecule has 0 amide bonds. The number of aromatic nitrogens is 1. The van der Waals surface area contributed by atoms with Crippen LogP contribution < -0.4 is 10.1 Å². The second-order valence-corrected chi connectivity index (χ2v) is 8.82. The Morgan fingerprint density at radius 1 is 1.00 bits per heavy atom. The van der Waals surface area contributed by atoms with E-state index in [4.69, 9.17) is 4.74 Å². The number of hydrogen-bond acceptors (Lipinski definition) is 2. The molecule has 0 spiro atoms. The number of fused-ring (bicyclic) bond motifs is 3. The van der Waals surface area contributed by atoms with E-state index in [0.717, 1.165) is 54.5 Å². The van der Waals surface area contributed by atoms with E-state index in [1.807, 2.05) is 30.3 Å². The summed E-state index contributed by atoms with van der Waals surface area (Å²) in [6, 6.07) is 20.7. The van der Waals surface area contributed by atoms with E-state index in [1.165, 1.54) is 22.4 Å². The van der Waals surface area contributed by atoms with Crippen LogP contribution in [0.4, 0.5) is 4.39 Å². The molecule has 0 bridgehead atoms. The van der Waals surface area contributed by atoms with Crippen LogP contribution in [0.5, 0.6) is 5.75 Å². The fourth-order valence-electron chi connectivity index (χ4n) is 4.85. The minimum atomic E-state index is -0.192. The van der Waals surface area contributed by atoms with Crippen molar-refractivity contribution in [2.45, 2.75) is 45.2 Å². The van der Waals surface area contributed by atoms with Crippen LogP contribution in [-0.2, 0) is 19.4 Å². The summed E-state index contributed by atoms with van der Waals surface area (Å²) in [4.78, 5) is 3.42. The van der Waals surface area contributed by atoms with Crippen LogP contribution in [0.25, 0.3) is 22.0 Å². The van der Waals surface area contributed by atoms with E-state index in [-0.39, 0.29) is 5.82 Å². The standard InChI is InChI=1S/C28H29FN2O/c1-18-6-8-19(9-7-18)4-3-5-21-16-26-24(17-30-21)27-23(14-15-25(29)28(27)31-26)20-10-12-22(32-2)13-11-20/h6-15,21,30-31H,3-5,16-17H2,1-2H3. The van der Waals surface area contributed by atoms with Gasteiger partial charge >= 0.3 is 0 Å². The summed E-state index contributed by atoms with van der Waals surface area (Å²) in [5, 5.41) is 4.70. The molecule has 5 rings (SSSR count). The summed E-state index contributed by atoms with van der Waals surface area (Å²) in [5.41, 5.74) is 7.79. The topological polar surface area (TPSA) is 37.0 Å². The monoisotopic (exact) mass is 428 g/mol. The fraction of sp³-hybridized carbons (Fsp3) is 0.286. The van der Waals surface area contributed by atoms with Crippen molar-refractivity contribution in [3.05, 3.63) is 88.9 Å². The average Bonchev–Trinajstić information content (AvgIpc) is 3.21. The first kappa shape index (κ1) is 20.8. The normalized spacial score (nSPS) is 15.7. The lowest BCUT2D eigenvalue weighted by atomic mass is 9.93. The number of benzene rings is 3. The molecule has 1 aliphatic rings. The molecule has 32 heavy (non-hydrogen) atoms. The van der Waals surface area contributed by atoms with Crippen LogP contribution in [-0.4, -0.2) is 18.1 Å². The molecule has 2 heterocycles. The smallest absolute Gasteiger partial charge is 0.147 e. The Kier molecular flexibility index (Phi) is 5.71. The van der Waals surface area contributed by atoms with E-state index in [9.17, 15) is 4.39 Å². The molecular formula is C28H29FN2O. The molecule has 1 aromatic heterocycles. The van der Waals surface area contributed by atoms with Crippen molar-refractivity contribution >= 4 is 10.9 Å². The van der Waals surface area contributed by atoms with Crippen molar-refractivity contribution in [3.8, 4) is 16.9 Å². The molecule has 4 heteroatoms. The van der Waals surface area contributed by atoms with Crippen LogP contribution in [0.3, 0.4) is 0 Å². The molecule has 3 nitrogen and oxygen atoms in total. The van der Waals surface area contributed by atoms with Crippen LogP contribution in [0.15, 0.2) is 60.7 Å². The van der Waals surface area contributed by atoms with E-state index in [0.29, 0.717) is 11.6 Å². The highest BCUT2D eigenvalue weighted by Crippen LogP contribution is 2.37. The van der Waals surface area contributed by atoms with Gasteiger partial charge in [0, 0.05) is 30.1 Å². The Balaban J connectivity index is 1.36. The quantitative estimate of drug-likeness (QED) is 0.377. The first-order valence-corrected chi connectivity index (χ1v) is 11.4. The van der Waals surface area contributed by atoms with Crippen molar-refractivity contribution in [1.29, 1.82) is 0 Å². The van der Waals surface area contributed by atoms with Crippen molar-refractivity contribution in [3.63, 3.8) is 0 Å². The first-order valence-electron chi connectivity index (χ1n) is 11.4. The summed E-state index contributed by atoms with van der Waals surface area (Å²) < 4.78 is 20.0. The van der Waals surface area contributed by atoms with Gasteiger partial charge in [0.05, 0.1) is 12.6 Å². The van der Waals surface area contributed by atoms with Gasteiger partial charge < -0.3 is 15.0 Å². The maximum Gasteiger partial charge on any atom is 0.147 e. The zero-order valence-electron chi connectivity index (χ0n) is 18.7. The lowest BCUT2D eigenvalue weighted by molar-refractivity contribution is 0.415. The van der Waals surface area contributed by atoms with Crippen LogP contribution in [0, 0.1) is 12.7 Å². The number of H-pyrrole nitrogens is 1. The van der Waals surface area contributed by atoms with Crippen LogP contribution in [0.1, 0.15) is 35.2 Å². The van der Waals surface area contributed by atoms with Gasteiger partial charge in [-0.1, -0.05) is 48.0 Å². The lowest BCUT2D eigenvalue weighted by Gasteiger charge is -2.24. The van der Waals surface area contributed by atoms with E-state index in [2.05, 4.69) is 41.5 Å². The number of methoxy groups -OCH3 is 1. The zero-order valence-corrected chi connectivity index (χ0v) is 18.7. The number of hydrogen-bond donors (Lipinski definition) is 2. The maximum atomic E-state index is 14.7. The summed E-state index contributed by atoms with van der Waals surface area (Å²) in [5.74, 6) is 0.626. The van der Waals surface area contributed by atoms with E-state index >= 15 is 0 Å². The van der Waals surface area contributed by atoms with Gasteiger partial charge in [0.1, 0.15) is 11.6 Å². The number of nitrogens with one attached hydrogen (secondary N) is 2. The third-order valence-corrected chi connectivity index (χ3v) is 6.65. The van der Waals surface area contributed by atoms with Gasteiger partial charge in [-0.25, -0.2) is 4.39 Å². The summed E-state index contributed by atoms with van der Waals surface area (Å²) in [7, 11) is 1.66. The van der Waals surface area contributed by atoms with Gasteiger partial charge in [-0.3, -0.25) is 0 Å². The summed E-state index contributed by atoms with van der Waals surface area (Å²) >= 11 is 0. The molecule has 0 saturated carbocycles. The highest BCUT2D eigenvalue weighted by Gasteiger charge is 2.24. The molecule has 0 saturated heterocycles. The van der Waals surface area contributed by atoms with E-state index in [1.54, 1.807) is 13.2 Å². The highest BCUT2D eigenvalue weighted by molar-refractivity contribution is 5.99. The minimum Gasteiger partial charge on any atom is -0.497 e. The predicted molar refractivity (Wildman–Crippen MR) is 129 cm³/mol. The Hall–Kier alpha value is -3.11. The molecule has 1 atom stereocenters. The maximum absolute atomic E-state index is 14.7. The molecule has 0 fully saturated rings. The van der Waals surface area contributed by atoms with Crippen molar-refractivity contribution < 1.29 is 9.13 Å². The van der Waals surface area contributed by atoms with Crippen molar-refractivity contribution in [1.82, 2.24) is 10.3 Å². The molecule has 164 valence electrons. The Bertz CT molecular complexity index is 1230. The van der Waals surface area contributed by atoms with Crippen LogP contribution >= 0.6 is 0 Å². The van der Waals surface area contributed by atoms with Gasteiger partial charge in [0.2, 0.25) is 0 Å². The Morgan fingerprint density at radius 3 is 2.53 bits per heavy atom. The summed E-state index contributed by atoms with van der Waals surface area (Å²) in [6.45, 7) is 2.88. The average molecular weight is 429 g/mol. The van der Waals surface area contributed by atoms with Crippen molar-refractivity contribution in [2.75, 3.05) is 7.11 Å². The second kappa shape index (κ2) is 8.79. The number of aryl methyl sites for hydroxylation is 2. The number of rotatable bonds is 6. The molecule has 0 radical (unpaired) electrons. The third-order valence-electron chi connectivity index (χ3n) is 6.65. The molecule has 2 N–H and O–H groups in total. The predicted octanol–water partition coefficient (Wildman–Crippen LogP) is 6.33. The molecule has 4 aromatic rings. The molecular weight excluding hydrogens is 399 g/mol. The third kappa shape index (κ3) is 4.03. The fourth-order valence-corrected chi connectivity index (χ4v) is 4.85. The number of halogens is 1. The van der Waals surface area contributed by atoms with E-state index < -0.39 is 0 Å². The number of aromatic amines is 1. The Labute approximate surface area is 188 Å². The summed E-state index contributed by atoms with van der Waals surface area (Å²) in [6.07, 6.45) is 4.24. The highest BCUT2D eigenvalue weighted by atomic mass is 19.1. The molecule has 0 aliphatic carbocycles. The van der Waals surface area contributed by atoms with Gasteiger partial charge in [-0.05, 0) is 66.6 Å². The van der Waals surface area contributed by atoms with Crippen LogP contribution in [0.2, 0.25) is 0 Å². The SMILES string of the molecule is COc1ccc(-c2ccc(F)c3[nH]c4c(c23)CNC(CCCc2ccc(C)cc2)C4)cc1. The Morgan fingerprint density at radius 2 is 1.78 bits per heavy atom. The largest absolute Gasteiger partial charge is 0.497 e. The second-order valence-electron chi connectivity index (χ2n) is 8.82. The van der Waals surface area contributed by atoms with Gasteiger partial charge in [-0.15, -0.1) is 0 Å². The van der Waals surface area contributed by atoms with Gasteiger partial charge in [-0.2, -0.15) is 0 Å². The van der Waals surface area contributed by atoms with Gasteiger partial charge in [0.15, 0.2) is 0 Å². The molecule has 1 aliphatic heterocycles.